The summed E-state index contributed by atoms with van der Waals surface area (Å²) in [4.78, 5) is 9.03. The highest BCUT2D eigenvalue weighted by molar-refractivity contribution is 5.65. The van der Waals surface area contributed by atoms with Crippen molar-refractivity contribution in [3.8, 4) is 0 Å². The molecule has 23 heavy (non-hydrogen) atoms. The van der Waals surface area contributed by atoms with E-state index in [2.05, 4.69) is 60.5 Å². The first kappa shape index (κ1) is 18.9. The second-order valence-corrected chi connectivity index (χ2v) is 6.17. The molecular weight excluding hydrogens is 282 g/mol. The number of allylic oxidation sites excluding steroid dienone is 6. The van der Waals surface area contributed by atoms with E-state index in [4.69, 9.17) is 0 Å². The summed E-state index contributed by atoms with van der Waals surface area (Å²) in [6.45, 7) is 19.0. The number of hydrogen-bond donors (Lipinski definition) is 1. The first-order valence-electron chi connectivity index (χ1n) is 8.05. The molecule has 1 aromatic rings. The molecule has 0 aliphatic heterocycles. The quantitative estimate of drug-likeness (QED) is 0.516. The summed E-state index contributed by atoms with van der Waals surface area (Å²) in [7, 11) is 0. The molecule has 0 aliphatic rings. The molecular formula is C20H29N3. The zero-order valence-corrected chi connectivity index (χ0v) is 15.2. The zero-order chi connectivity index (χ0) is 17.4. The second kappa shape index (κ2) is 9.09. The third-order valence-electron chi connectivity index (χ3n) is 3.42. The topological polar surface area (TPSA) is 37.8 Å². The average molecular weight is 311 g/mol. The average Bonchev–Trinajstić information content (AvgIpc) is 2.42. The third-order valence-corrected chi connectivity index (χ3v) is 3.42. The van der Waals surface area contributed by atoms with Crippen molar-refractivity contribution in [1.29, 1.82) is 0 Å². The first-order chi connectivity index (χ1) is 10.8. The molecule has 1 N–H and O–H groups in total. The molecule has 0 amide bonds. The molecule has 0 aliphatic carbocycles. The van der Waals surface area contributed by atoms with Gasteiger partial charge in [-0.1, -0.05) is 42.5 Å². The van der Waals surface area contributed by atoms with Gasteiger partial charge in [0.05, 0.1) is 11.4 Å². The normalized spacial score (nSPS) is 10.7. The highest BCUT2D eigenvalue weighted by Gasteiger charge is 2.08. The maximum absolute atomic E-state index is 4.51. The lowest BCUT2D eigenvalue weighted by Crippen LogP contribution is -2.09. The van der Waals surface area contributed by atoms with Crippen molar-refractivity contribution < 1.29 is 0 Å². The third kappa shape index (κ3) is 6.64. The largest absolute Gasteiger partial charge is 0.354 e. The van der Waals surface area contributed by atoms with Crippen LogP contribution >= 0.6 is 0 Å². The van der Waals surface area contributed by atoms with Crippen molar-refractivity contribution in [3.63, 3.8) is 0 Å². The van der Waals surface area contributed by atoms with Gasteiger partial charge in [-0.3, -0.25) is 0 Å². The Morgan fingerprint density at radius 3 is 2.22 bits per heavy atom. The van der Waals surface area contributed by atoms with Gasteiger partial charge in [-0.2, -0.15) is 0 Å². The molecule has 0 unspecified atom stereocenters. The van der Waals surface area contributed by atoms with Gasteiger partial charge in [0.15, 0.2) is 0 Å². The number of aryl methyl sites for hydroxylation is 2. The Morgan fingerprint density at radius 2 is 1.70 bits per heavy atom. The van der Waals surface area contributed by atoms with Crippen LogP contribution in [0.5, 0.6) is 0 Å². The summed E-state index contributed by atoms with van der Waals surface area (Å²) >= 11 is 0. The highest BCUT2D eigenvalue weighted by Crippen LogP contribution is 2.19. The lowest BCUT2D eigenvalue weighted by atomic mass is 10.1. The van der Waals surface area contributed by atoms with E-state index < -0.39 is 0 Å². The predicted molar refractivity (Wildman–Crippen MR) is 102 cm³/mol. The van der Waals surface area contributed by atoms with E-state index in [9.17, 15) is 0 Å². The van der Waals surface area contributed by atoms with E-state index in [1.807, 2.05) is 20.8 Å². The van der Waals surface area contributed by atoms with Gasteiger partial charge < -0.3 is 5.32 Å². The number of nitrogens with one attached hydrogen (secondary N) is 1. The molecule has 124 valence electrons. The molecule has 0 fully saturated rings. The van der Waals surface area contributed by atoms with Gasteiger partial charge in [0, 0.05) is 12.1 Å². The Labute approximate surface area is 141 Å². The van der Waals surface area contributed by atoms with Crippen molar-refractivity contribution in [1.82, 2.24) is 9.97 Å². The fraction of sp³-hybridized carbons (Fsp3) is 0.400. The maximum atomic E-state index is 4.51. The number of nitrogens with zero attached hydrogens (tertiary/aromatic N) is 2. The lowest BCUT2D eigenvalue weighted by Gasteiger charge is -2.11. The summed E-state index contributed by atoms with van der Waals surface area (Å²) in [5, 5.41) is 3.29. The fourth-order valence-corrected chi connectivity index (χ4v) is 2.39. The van der Waals surface area contributed by atoms with Crippen LogP contribution in [0.15, 0.2) is 42.5 Å². The molecule has 0 atom stereocenters. The first-order valence-corrected chi connectivity index (χ1v) is 8.05. The Bertz CT molecular complexity index is 609. The smallest absolute Gasteiger partial charge is 0.223 e. The summed E-state index contributed by atoms with van der Waals surface area (Å²) < 4.78 is 0. The van der Waals surface area contributed by atoms with Crippen molar-refractivity contribution in [3.05, 3.63) is 59.5 Å². The maximum Gasteiger partial charge on any atom is 0.223 e. The van der Waals surface area contributed by atoms with Crippen LogP contribution in [0.4, 0.5) is 5.95 Å². The van der Waals surface area contributed by atoms with Crippen LogP contribution in [0.2, 0.25) is 0 Å². The van der Waals surface area contributed by atoms with Gasteiger partial charge >= 0.3 is 0 Å². The second-order valence-electron chi connectivity index (χ2n) is 6.17. The van der Waals surface area contributed by atoms with Crippen LogP contribution in [0.1, 0.15) is 50.6 Å². The molecule has 0 aromatic carbocycles. The van der Waals surface area contributed by atoms with E-state index in [-0.39, 0.29) is 0 Å². The number of aromatic nitrogens is 2. The summed E-state index contributed by atoms with van der Waals surface area (Å²) in [5.41, 5.74) is 6.44. The minimum absolute atomic E-state index is 0.690. The van der Waals surface area contributed by atoms with Gasteiger partial charge in [0.25, 0.3) is 0 Å². The van der Waals surface area contributed by atoms with Crippen LogP contribution in [-0.4, -0.2) is 16.5 Å². The molecule has 3 nitrogen and oxygen atoms in total. The van der Waals surface area contributed by atoms with Crippen LogP contribution in [0, 0.1) is 13.8 Å². The summed E-state index contributed by atoms with van der Waals surface area (Å²) in [6.07, 6.45) is 8.17. The molecule has 0 spiro atoms. The zero-order valence-electron chi connectivity index (χ0n) is 15.2. The predicted octanol–water partition coefficient (Wildman–Crippen LogP) is 5.40. The summed E-state index contributed by atoms with van der Waals surface area (Å²) in [6, 6.07) is 0. The van der Waals surface area contributed by atoms with E-state index in [1.54, 1.807) is 0 Å². The van der Waals surface area contributed by atoms with Gasteiger partial charge in [0.1, 0.15) is 0 Å². The van der Waals surface area contributed by atoms with E-state index in [1.165, 1.54) is 5.57 Å². The SMILES string of the molecule is C=C(/C=C\C=C(C)C)CCCNc1nc(C)c(C(=C)C)c(C)n1. The Morgan fingerprint density at radius 1 is 1.09 bits per heavy atom. The van der Waals surface area contributed by atoms with Crippen LogP contribution < -0.4 is 5.32 Å². The molecule has 1 aromatic heterocycles. The molecule has 0 saturated heterocycles. The molecule has 3 heteroatoms. The number of rotatable bonds is 8. The van der Waals surface area contributed by atoms with Crippen molar-refractivity contribution in [2.45, 2.75) is 47.5 Å². The van der Waals surface area contributed by atoms with Gasteiger partial charge in [-0.25, -0.2) is 9.97 Å². The molecule has 1 heterocycles. The van der Waals surface area contributed by atoms with Crippen LogP contribution in [0.25, 0.3) is 5.57 Å². The minimum Gasteiger partial charge on any atom is -0.354 e. The van der Waals surface area contributed by atoms with Crippen molar-refractivity contribution in [2.75, 3.05) is 11.9 Å². The van der Waals surface area contributed by atoms with Gasteiger partial charge in [0.2, 0.25) is 5.95 Å². The minimum atomic E-state index is 0.690. The van der Waals surface area contributed by atoms with Crippen molar-refractivity contribution >= 4 is 11.5 Å². The highest BCUT2D eigenvalue weighted by atomic mass is 15.1. The van der Waals surface area contributed by atoms with Crippen LogP contribution in [-0.2, 0) is 0 Å². The Kier molecular flexibility index (Phi) is 7.46. The molecule has 0 radical (unpaired) electrons. The monoisotopic (exact) mass is 311 g/mol. The van der Waals surface area contributed by atoms with Crippen molar-refractivity contribution in [2.24, 2.45) is 0 Å². The fourth-order valence-electron chi connectivity index (χ4n) is 2.39. The van der Waals surface area contributed by atoms with Gasteiger partial charge in [-0.05, 0) is 53.0 Å². The van der Waals surface area contributed by atoms with E-state index in [0.717, 1.165) is 47.5 Å². The Balaban J connectivity index is 2.48. The van der Waals surface area contributed by atoms with Gasteiger partial charge in [-0.15, -0.1) is 0 Å². The molecule has 0 bridgehead atoms. The van der Waals surface area contributed by atoms with E-state index in [0.29, 0.717) is 5.95 Å². The molecule has 0 saturated carbocycles. The van der Waals surface area contributed by atoms with E-state index >= 15 is 0 Å². The Hall–Kier alpha value is -2.16. The number of anilines is 1. The molecule has 1 rings (SSSR count). The summed E-state index contributed by atoms with van der Waals surface area (Å²) in [5.74, 6) is 0.690. The standard InChI is InChI=1S/C20H29N3/c1-14(2)10-8-11-16(5)12-9-13-21-20-22-17(6)19(15(3)4)18(7)23-20/h8,10-11H,3,5,9,12-13H2,1-2,4,6-7H3,(H,21,22,23)/b11-8-. The lowest BCUT2D eigenvalue weighted by molar-refractivity contribution is 0.853. The number of hydrogen-bond acceptors (Lipinski definition) is 3. The van der Waals surface area contributed by atoms with Crippen LogP contribution in [0.3, 0.4) is 0 Å².